The van der Waals surface area contributed by atoms with Crippen molar-refractivity contribution in [3.63, 3.8) is 0 Å². The molecule has 1 N–H and O–H groups in total. The minimum atomic E-state index is 0.162. The van der Waals surface area contributed by atoms with Gasteiger partial charge in [-0.2, -0.15) is 0 Å². The summed E-state index contributed by atoms with van der Waals surface area (Å²) < 4.78 is 0. The van der Waals surface area contributed by atoms with E-state index in [0.29, 0.717) is 13.0 Å². The molecule has 0 aliphatic heterocycles. The van der Waals surface area contributed by atoms with E-state index in [1.54, 1.807) is 19.0 Å². The number of hydrogen-bond acceptors (Lipinski definition) is 2. The molecule has 0 heterocycles. The molecule has 0 saturated carbocycles. The summed E-state index contributed by atoms with van der Waals surface area (Å²) in [7, 11) is 3.58. The van der Waals surface area contributed by atoms with Gasteiger partial charge in [0, 0.05) is 32.7 Å². The number of carbonyl (C=O) groups is 1. The Morgan fingerprint density at radius 1 is 1.17 bits per heavy atom. The van der Waals surface area contributed by atoms with E-state index in [1.165, 1.54) is 16.8 Å². The van der Waals surface area contributed by atoms with Crippen LogP contribution in [0.4, 0.5) is 5.69 Å². The van der Waals surface area contributed by atoms with Crippen LogP contribution in [0.25, 0.3) is 0 Å². The van der Waals surface area contributed by atoms with Crippen LogP contribution in [0.2, 0.25) is 0 Å². The van der Waals surface area contributed by atoms with Crippen LogP contribution < -0.4 is 5.32 Å². The summed E-state index contributed by atoms with van der Waals surface area (Å²) in [5.74, 6) is 0.162. The highest BCUT2D eigenvalue weighted by atomic mass is 16.2. The molecule has 0 aliphatic rings. The quantitative estimate of drug-likeness (QED) is 0.839. The number of para-hydroxylation sites is 1. The van der Waals surface area contributed by atoms with Crippen LogP contribution in [-0.2, 0) is 17.6 Å². The largest absolute Gasteiger partial charge is 0.384 e. The van der Waals surface area contributed by atoms with Gasteiger partial charge in [-0.3, -0.25) is 4.79 Å². The van der Waals surface area contributed by atoms with Crippen molar-refractivity contribution < 1.29 is 4.79 Å². The van der Waals surface area contributed by atoms with Gasteiger partial charge in [0.25, 0.3) is 0 Å². The van der Waals surface area contributed by atoms with Gasteiger partial charge in [0.2, 0.25) is 5.91 Å². The minimum Gasteiger partial charge on any atom is -0.384 e. The number of rotatable bonds is 6. The van der Waals surface area contributed by atoms with Gasteiger partial charge >= 0.3 is 0 Å². The fourth-order valence-electron chi connectivity index (χ4n) is 1.99. The maximum atomic E-state index is 11.5. The van der Waals surface area contributed by atoms with Crippen LogP contribution in [0, 0.1) is 0 Å². The number of aryl methyl sites for hydroxylation is 2. The molecule has 1 aromatic rings. The average Bonchev–Trinajstić information content (AvgIpc) is 2.38. The lowest BCUT2D eigenvalue weighted by Crippen LogP contribution is -2.24. The van der Waals surface area contributed by atoms with Crippen molar-refractivity contribution in [2.45, 2.75) is 33.1 Å². The molecule has 0 fully saturated rings. The molecule has 1 amide bonds. The third-order valence-corrected chi connectivity index (χ3v) is 3.14. The molecule has 0 spiro atoms. The third-order valence-electron chi connectivity index (χ3n) is 3.14. The molecule has 18 heavy (non-hydrogen) atoms. The fraction of sp³-hybridized carbons (Fsp3) is 0.533. The van der Waals surface area contributed by atoms with Crippen molar-refractivity contribution in [2.75, 3.05) is 26.0 Å². The van der Waals surface area contributed by atoms with E-state index in [9.17, 15) is 4.79 Å². The first-order chi connectivity index (χ1) is 8.60. The SMILES string of the molecule is CCc1cccc(CC)c1NCCC(=O)N(C)C. The highest BCUT2D eigenvalue weighted by Crippen LogP contribution is 2.22. The molecular formula is C15H24N2O. The summed E-state index contributed by atoms with van der Waals surface area (Å²) in [5.41, 5.74) is 3.87. The average molecular weight is 248 g/mol. The molecule has 0 aromatic heterocycles. The molecule has 1 rings (SSSR count). The zero-order valence-corrected chi connectivity index (χ0v) is 11.9. The van der Waals surface area contributed by atoms with E-state index in [-0.39, 0.29) is 5.91 Å². The second-order valence-corrected chi connectivity index (χ2v) is 4.62. The molecule has 0 unspecified atom stereocenters. The summed E-state index contributed by atoms with van der Waals surface area (Å²) in [5, 5.41) is 3.42. The van der Waals surface area contributed by atoms with Gasteiger partial charge in [-0.05, 0) is 24.0 Å². The van der Waals surface area contributed by atoms with E-state index >= 15 is 0 Å². The van der Waals surface area contributed by atoms with Crippen LogP contribution >= 0.6 is 0 Å². The second kappa shape index (κ2) is 7.04. The zero-order chi connectivity index (χ0) is 13.5. The Balaban J connectivity index is 2.68. The molecule has 3 heteroatoms. The van der Waals surface area contributed by atoms with Gasteiger partial charge in [-0.1, -0.05) is 32.0 Å². The van der Waals surface area contributed by atoms with Crippen molar-refractivity contribution in [3.8, 4) is 0 Å². The summed E-state index contributed by atoms with van der Waals surface area (Å²) in [4.78, 5) is 13.2. The van der Waals surface area contributed by atoms with Gasteiger partial charge < -0.3 is 10.2 Å². The van der Waals surface area contributed by atoms with E-state index in [4.69, 9.17) is 0 Å². The molecule has 100 valence electrons. The molecular weight excluding hydrogens is 224 g/mol. The van der Waals surface area contributed by atoms with Crippen molar-refractivity contribution >= 4 is 11.6 Å². The Bertz CT molecular complexity index is 377. The zero-order valence-electron chi connectivity index (χ0n) is 11.9. The topological polar surface area (TPSA) is 32.3 Å². The molecule has 0 bridgehead atoms. The smallest absolute Gasteiger partial charge is 0.223 e. The summed E-state index contributed by atoms with van der Waals surface area (Å²) in [6.45, 7) is 5.01. The summed E-state index contributed by atoms with van der Waals surface area (Å²) in [6, 6.07) is 6.40. The lowest BCUT2D eigenvalue weighted by molar-refractivity contribution is -0.128. The van der Waals surface area contributed by atoms with Crippen LogP contribution in [0.5, 0.6) is 0 Å². The molecule has 0 aliphatic carbocycles. The first-order valence-corrected chi connectivity index (χ1v) is 6.64. The lowest BCUT2D eigenvalue weighted by atomic mass is 10.0. The Morgan fingerprint density at radius 2 is 1.72 bits per heavy atom. The standard InChI is InChI=1S/C15H24N2O/c1-5-12-8-7-9-13(6-2)15(12)16-11-10-14(18)17(3)4/h7-9,16H,5-6,10-11H2,1-4H3. The fourth-order valence-corrected chi connectivity index (χ4v) is 1.99. The van der Waals surface area contributed by atoms with Gasteiger partial charge in [0.15, 0.2) is 0 Å². The van der Waals surface area contributed by atoms with Crippen LogP contribution in [0.15, 0.2) is 18.2 Å². The number of anilines is 1. The minimum absolute atomic E-state index is 0.162. The predicted molar refractivity (Wildman–Crippen MR) is 77.0 cm³/mol. The van der Waals surface area contributed by atoms with Gasteiger partial charge in [-0.15, -0.1) is 0 Å². The number of nitrogens with one attached hydrogen (secondary N) is 1. The molecule has 0 radical (unpaired) electrons. The first kappa shape index (κ1) is 14.6. The van der Waals surface area contributed by atoms with Gasteiger partial charge in [0.1, 0.15) is 0 Å². The summed E-state index contributed by atoms with van der Waals surface area (Å²) in [6.07, 6.45) is 2.56. The molecule has 3 nitrogen and oxygen atoms in total. The second-order valence-electron chi connectivity index (χ2n) is 4.62. The normalized spacial score (nSPS) is 10.2. The van der Waals surface area contributed by atoms with Crippen molar-refractivity contribution in [2.24, 2.45) is 0 Å². The van der Waals surface area contributed by atoms with Crippen LogP contribution in [0.3, 0.4) is 0 Å². The Morgan fingerprint density at radius 3 is 2.17 bits per heavy atom. The molecule has 0 atom stereocenters. The van der Waals surface area contributed by atoms with E-state index in [2.05, 4.69) is 37.4 Å². The van der Waals surface area contributed by atoms with E-state index < -0.39 is 0 Å². The molecule has 1 aromatic carbocycles. The maximum absolute atomic E-state index is 11.5. The van der Waals surface area contributed by atoms with Gasteiger partial charge in [-0.25, -0.2) is 0 Å². The highest BCUT2D eigenvalue weighted by molar-refractivity contribution is 5.76. The van der Waals surface area contributed by atoms with Crippen molar-refractivity contribution in [3.05, 3.63) is 29.3 Å². The Labute approximate surface area is 110 Å². The number of carbonyl (C=O) groups excluding carboxylic acids is 1. The summed E-state index contributed by atoms with van der Waals surface area (Å²) >= 11 is 0. The Hall–Kier alpha value is -1.51. The lowest BCUT2D eigenvalue weighted by Gasteiger charge is -2.16. The van der Waals surface area contributed by atoms with Crippen molar-refractivity contribution in [1.29, 1.82) is 0 Å². The molecule has 0 saturated heterocycles. The van der Waals surface area contributed by atoms with E-state index in [0.717, 1.165) is 12.8 Å². The number of hydrogen-bond donors (Lipinski definition) is 1. The number of amides is 1. The van der Waals surface area contributed by atoms with E-state index in [1.807, 2.05) is 0 Å². The number of nitrogens with zero attached hydrogens (tertiary/aromatic N) is 1. The van der Waals surface area contributed by atoms with Crippen molar-refractivity contribution in [1.82, 2.24) is 4.90 Å². The Kier molecular flexibility index (Phi) is 5.69. The van der Waals surface area contributed by atoms with Crippen LogP contribution in [-0.4, -0.2) is 31.4 Å². The maximum Gasteiger partial charge on any atom is 0.223 e. The number of benzene rings is 1. The van der Waals surface area contributed by atoms with Gasteiger partial charge in [0.05, 0.1) is 0 Å². The monoisotopic (exact) mass is 248 g/mol. The van der Waals surface area contributed by atoms with Crippen LogP contribution in [0.1, 0.15) is 31.4 Å². The predicted octanol–water partition coefficient (Wildman–Crippen LogP) is 2.70. The third kappa shape index (κ3) is 3.76. The highest BCUT2D eigenvalue weighted by Gasteiger charge is 2.07. The first-order valence-electron chi connectivity index (χ1n) is 6.64.